The second-order valence-electron chi connectivity index (χ2n) is 9.45. The molecule has 0 aliphatic rings. The minimum absolute atomic E-state index is 0.0130. The SMILES string of the molecule is CCCCCCCCC(O[Si](C)C)(c1ccc2ccc(CBr)nc2c1)C(C)(C)C. The van der Waals surface area contributed by atoms with Crippen LogP contribution in [-0.4, -0.2) is 14.0 Å². The van der Waals surface area contributed by atoms with Crippen molar-refractivity contribution in [2.75, 3.05) is 0 Å². The Morgan fingerprint density at radius 3 is 2.24 bits per heavy atom. The van der Waals surface area contributed by atoms with Crippen molar-refractivity contribution < 1.29 is 4.43 Å². The van der Waals surface area contributed by atoms with Gasteiger partial charge >= 0.3 is 0 Å². The van der Waals surface area contributed by atoms with Crippen molar-refractivity contribution in [1.82, 2.24) is 4.98 Å². The van der Waals surface area contributed by atoms with E-state index >= 15 is 0 Å². The highest BCUT2D eigenvalue weighted by Gasteiger charge is 2.44. The minimum Gasteiger partial charge on any atom is -0.407 e. The molecule has 0 aliphatic carbocycles. The monoisotopic (exact) mass is 476 g/mol. The van der Waals surface area contributed by atoms with Crippen LogP contribution in [0.3, 0.4) is 0 Å². The van der Waals surface area contributed by atoms with Crippen molar-refractivity contribution in [3.05, 3.63) is 41.6 Å². The topological polar surface area (TPSA) is 22.1 Å². The van der Waals surface area contributed by atoms with Gasteiger partial charge in [0.05, 0.1) is 16.8 Å². The van der Waals surface area contributed by atoms with Crippen LogP contribution in [0, 0.1) is 5.41 Å². The normalized spacial score (nSPS) is 14.5. The van der Waals surface area contributed by atoms with Gasteiger partial charge in [0.1, 0.15) is 0 Å². The van der Waals surface area contributed by atoms with Crippen molar-refractivity contribution in [2.24, 2.45) is 5.41 Å². The number of fused-ring (bicyclic) bond motifs is 1. The average Bonchev–Trinajstić information content (AvgIpc) is 2.67. The van der Waals surface area contributed by atoms with E-state index in [-0.39, 0.29) is 11.0 Å². The molecular weight excluding hydrogens is 438 g/mol. The highest BCUT2D eigenvalue weighted by molar-refractivity contribution is 9.08. The summed E-state index contributed by atoms with van der Waals surface area (Å²) >= 11 is 3.54. The molecule has 161 valence electrons. The molecule has 0 fully saturated rings. The Balaban J connectivity index is 2.40. The largest absolute Gasteiger partial charge is 0.407 e. The van der Waals surface area contributed by atoms with E-state index in [0.717, 1.165) is 23.0 Å². The molecular formula is C25H39BrNOSi. The second-order valence-corrected chi connectivity index (χ2v) is 12.0. The Morgan fingerprint density at radius 1 is 0.966 bits per heavy atom. The minimum atomic E-state index is -0.864. The van der Waals surface area contributed by atoms with E-state index < -0.39 is 9.04 Å². The molecule has 2 nitrogen and oxygen atoms in total. The first-order valence-electron chi connectivity index (χ1n) is 11.2. The van der Waals surface area contributed by atoms with E-state index in [0.29, 0.717) is 0 Å². The molecule has 1 radical (unpaired) electrons. The van der Waals surface area contributed by atoms with Gasteiger partial charge in [-0.3, -0.25) is 4.98 Å². The molecule has 0 bridgehead atoms. The quantitative estimate of drug-likeness (QED) is 0.184. The highest BCUT2D eigenvalue weighted by atomic mass is 79.9. The van der Waals surface area contributed by atoms with Crippen molar-refractivity contribution in [1.29, 1.82) is 0 Å². The van der Waals surface area contributed by atoms with E-state index in [2.05, 4.69) is 87.1 Å². The molecule has 1 aromatic heterocycles. The van der Waals surface area contributed by atoms with E-state index in [1.54, 1.807) is 0 Å². The van der Waals surface area contributed by atoms with Gasteiger partial charge < -0.3 is 4.43 Å². The fourth-order valence-electron chi connectivity index (χ4n) is 4.20. The van der Waals surface area contributed by atoms with Crippen molar-refractivity contribution >= 4 is 35.9 Å². The maximum Gasteiger partial charge on any atom is 0.206 e. The van der Waals surface area contributed by atoms with Crippen LogP contribution in [0.2, 0.25) is 13.1 Å². The molecule has 1 unspecified atom stereocenters. The summed E-state index contributed by atoms with van der Waals surface area (Å²) in [6.45, 7) is 13.8. The van der Waals surface area contributed by atoms with Gasteiger partial charge in [0, 0.05) is 10.7 Å². The summed E-state index contributed by atoms with van der Waals surface area (Å²) in [7, 11) is -0.864. The van der Waals surface area contributed by atoms with Gasteiger partial charge in [-0.2, -0.15) is 0 Å². The van der Waals surface area contributed by atoms with Crippen LogP contribution in [0.1, 0.15) is 83.9 Å². The Hall–Kier alpha value is -0.713. The van der Waals surface area contributed by atoms with Gasteiger partial charge in [0.15, 0.2) is 0 Å². The predicted octanol–water partition coefficient (Wildman–Crippen LogP) is 8.39. The molecule has 2 rings (SSSR count). The smallest absolute Gasteiger partial charge is 0.206 e. The fourth-order valence-corrected chi connectivity index (χ4v) is 5.74. The van der Waals surface area contributed by atoms with Crippen LogP contribution in [0.4, 0.5) is 0 Å². The number of unbranched alkanes of at least 4 members (excludes halogenated alkanes) is 5. The van der Waals surface area contributed by atoms with Gasteiger partial charge in [-0.25, -0.2) is 0 Å². The van der Waals surface area contributed by atoms with E-state index in [9.17, 15) is 0 Å². The average molecular weight is 478 g/mol. The molecule has 0 N–H and O–H groups in total. The Morgan fingerprint density at radius 2 is 1.62 bits per heavy atom. The van der Waals surface area contributed by atoms with E-state index in [4.69, 9.17) is 9.41 Å². The Bertz CT molecular complexity index is 771. The van der Waals surface area contributed by atoms with Crippen LogP contribution in [-0.2, 0) is 15.4 Å². The molecule has 1 heterocycles. The van der Waals surface area contributed by atoms with E-state index in [1.165, 1.54) is 49.5 Å². The molecule has 1 aromatic carbocycles. The van der Waals surface area contributed by atoms with Gasteiger partial charge in [0.2, 0.25) is 9.04 Å². The van der Waals surface area contributed by atoms with Crippen LogP contribution in [0.25, 0.3) is 10.9 Å². The molecule has 2 aromatic rings. The molecule has 1 atom stereocenters. The van der Waals surface area contributed by atoms with Crippen molar-refractivity contribution in [3.8, 4) is 0 Å². The summed E-state index contributed by atoms with van der Waals surface area (Å²) in [6, 6.07) is 11.1. The number of alkyl halides is 1. The number of halogens is 1. The zero-order chi connectivity index (χ0) is 21.5. The third-order valence-electron chi connectivity index (χ3n) is 5.83. The first-order valence-corrected chi connectivity index (χ1v) is 14.7. The van der Waals surface area contributed by atoms with Crippen LogP contribution in [0.5, 0.6) is 0 Å². The van der Waals surface area contributed by atoms with E-state index in [1.807, 2.05) is 0 Å². The number of hydrogen-bond donors (Lipinski definition) is 0. The maximum absolute atomic E-state index is 6.89. The molecule has 0 saturated carbocycles. The lowest BCUT2D eigenvalue weighted by Gasteiger charge is -2.47. The first kappa shape index (κ1) is 24.6. The molecule has 0 aliphatic heterocycles. The number of benzene rings is 1. The lowest BCUT2D eigenvalue weighted by Crippen LogP contribution is -2.45. The Labute approximate surface area is 188 Å². The van der Waals surface area contributed by atoms with Gasteiger partial charge in [-0.15, -0.1) is 0 Å². The summed E-state index contributed by atoms with van der Waals surface area (Å²) < 4.78 is 6.89. The van der Waals surface area contributed by atoms with Crippen molar-refractivity contribution in [3.63, 3.8) is 0 Å². The lowest BCUT2D eigenvalue weighted by atomic mass is 9.69. The Kier molecular flexibility index (Phi) is 9.37. The van der Waals surface area contributed by atoms with Crippen LogP contribution < -0.4 is 0 Å². The number of pyridine rings is 1. The maximum atomic E-state index is 6.89. The van der Waals surface area contributed by atoms with Gasteiger partial charge in [-0.1, -0.05) is 100 Å². The van der Waals surface area contributed by atoms with Crippen LogP contribution >= 0.6 is 15.9 Å². The number of nitrogens with zero attached hydrogens (tertiary/aromatic N) is 1. The second kappa shape index (κ2) is 11.1. The van der Waals surface area contributed by atoms with Crippen LogP contribution in [0.15, 0.2) is 30.3 Å². The third kappa shape index (κ3) is 6.38. The first-order chi connectivity index (χ1) is 13.7. The summed E-state index contributed by atoms with van der Waals surface area (Å²) in [5, 5.41) is 1.97. The number of hydrogen-bond acceptors (Lipinski definition) is 2. The molecule has 29 heavy (non-hydrogen) atoms. The molecule has 0 amide bonds. The molecule has 0 saturated heterocycles. The summed E-state index contributed by atoms with van der Waals surface area (Å²) in [6.07, 6.45) is 8.91. The number of rotatable bonds is 11. The fraction of sp³-hybridized carbons (Fsp3) is 0.640. The number of aromatic nitrogens is 1. The zero-order valence-electron chi connectivity index (χ0n) is 19.3. The van der Waals surface area contributed by atoms with Crippen molar-refractivity contribution in [2.45, 2.75) is 96.7 Å². The summed E-state index contributed by atoms with van der Waals surface area (Å²) in [5.74, 6) is 0. The molecule has 0 spiro atoms. The lowest BCUT2D eigenvalue weighted by molar-refractivity contribution is -0.0505. The van der Waals surface area contributed by atoms with Gasteiger partial charge in [-0.05, 0) is 42.6 Å². The molecule has 4 heteroatoms. The third-order valence-corrected chi connectivity index (χ3v) is 7.16. The summed E-state index contributed by atoms with van der Waals surface area (Å²) in [5.41, 5.74) is 3.18. The predicted molar refractivity (Wildman–Crippen MR) is 132 cm³/mol. The summed E-state index contributed by atoms with van der Waals surface area (Å²) in [4.78, 5) is 4.87. The zero-order valence-corrected chi connectivity index (χ0v) is 21.9. The van der Waals surface area contributed by atoms with Gasteiger partial charge in [0.25, 0.3) is 0 Å². The standard InChI is InChI=1S/C25H39BrNOSi/c1-7-8-9-10-11-12-17-25(24(2,3)4,28-29(5)6)21-15-13-20-14-16-22(19-26)27-23(20)18-21/h13-16,18H,7-12,17,19H2,1-6H3. The highest BCUT2D eigenvalue weighted by Crippen LogP contribution is 2.47.